The van der Waals surface area contributed by atoms with Crippen LogP contribution in [0.1, 0.15) is 46.0 Å². The summed E-state index contributed by atoms with van der Waals surface area (Å²) in [6, 6.07) is 13.3. The van der Waals surface area contributed by atoms with Crippen LogP contribution >= 0.6 is 0 Å². The smallest absolute Gasteiger partial charge is 0.352 e. The molecule has 0 bridgehead atoms. The number of H-pyrrole nitrogens is 1. The molecule has 5 heterocycles. The van der Waals surface area contributed by atoms with Crippen LogP contribution < -0.4 is 4.74 Å². The van der Waals surface area contributed by atoms with Crippen molar-refractivity contribution in [2.24, 2.45) is 0 Å². The Morgan fingerprint density at radius 1 is 1.27 bits per heavy atom. The van der Waals surface area contributed by atoms with Gasteiger partial charge in [-0.3, -0.25) is 4.90 Å². The van der Waals surface area contributed by atoms with Crippen LogP contribution in [0.3, 0.4) is 0 Å². The van der Waals surface area contributed by atoms with Gasteiger partial charge >= 0.3 is 5.97 Å². The van der Waals surface area contributed by atoms with Crippen LogP contribution in [0.2, 0.25) is 0 Å². The predicted molar refractivity (Wildman–Crippen MR) is 143 cm³/mol. The summed E-state index contributed by atoms with van der Waals surface area (Å²) in [5, 5.41) is 18.3. The van der Waals surface area contributed by atoms with E-state index in [9.17, 15) is 14.3 Å². The molecule has 4 aromatic rings. The van der Waals surface area contributed by atoms with Gasteiger partial charge in [-0.2, -0.15) is 5.26 Å². The van der Waals surface area contributed by atoms with Gasteiger partial charge in [-0.1, -0.05) is 18.2 Å². The predicted octanol–water partition coefficient (Wildman–Crippen LogP) is 4.13. The zero-order valence-electron chi connectivity index (χ0n) is 21.6. The Balaban J connectivity index is 1.12. The maximum absolute atomic E-state index is 14.2. The van der Waals surface area contributed by atoms with Crippen molar-refractivity contribution in [1.29, 1.82) is 5.26 Å². The molecule has 0 saturated carbocycles. The SMILES string of the molecule is N#Cc1ccc(COc2cccc(C3=CCN(Cc4nc5cc(C(=O)O)[nH]c5n4CC4CCO4)CC3)n2)c(F)c1. The molecule has 0 spiro atoms. The number of nitrogens with zero attached hydrogens (tertiary/aromatic N) is 5. The number of aromatic nitrogens is 4. The van der Waals surface area contributed by atoms with E-state index in [0.717, 1.165) is 43.1 Å². The minimum atomic E-state index is -1.01. The van der Waals surface area contributed by atoms with Crippen LogP contribution in [0, 0.1) is 17.1 Å². The minimum Gasteiger partial charge on any atom is -0.477 e. The van der Waals surface area contributed by atoms with E-state index < -0.39 is 11.8 Å². The summed E-state index contributed by atoms with van der Waals surface area (Å²) >= 11 is 0. The fraction of sp³-hybridized carbons (Fsp3) is 0.310. The quantitative estimate of drug-likeness (QED) is 0.323. The molecule has 1 fully saturated rings. The average Bonchev–Trinajstić information content (AvgIpc) is 3.49. The molecule has 3 aromatic heterocycles. The van der Waals surface area contributed by atoms with Crippen molar-refractivity contribution in [3.63, 3.8) is 0 Å². The molecule has 40 heavy (non-hydrogen) atoms. The molecule has 2 aliphatic heterocycles. The van der Waals surface area contributed by atoms with Gasteiger partial charge in [-0.05, 0) is 42.7 Å². The molecule has 1 atom stereocenters. The molecular formula is C29H27FN6O4. The van der Waals surface area contributed by atoms with E-state index in [1.165, 1.54) is 6.07 Å². The Hall–Kier alpha value is -4.53. The summed E-state index contributed by atoms with van der Waals surface area (Å²) in [6.07, 6.45) is 4.01. The van der Waals surface area contributed by atoms with Gasteiger partial charge in [-0.25, -0.2) is 19.2 Å². The van der Waals surface area contributed by atoms with Gasteiger partial charge in [0.25, 0.3) is 0 Å². The van der Waals surface area contributed by atoms with Crippen molar-refractivity contribution in [2.45, 2.75) is 38.6 Å². The lowest BCUT2D eigenvalue weighted by Crippen LogP contribution is -2.33. The van der Waals surface area contributed by atoms with Gasteiger partial charge in [0.1, 0.15) is 35.1 Å². The Labute approximate surface area is 229 Å². The number of pyridine rings is 1. The Morgan fingerprint density at radius 2 is 2.15 bits per heavy atom. The molecule has 6 rings (SSSR count). The largest absolute Gasteiger partial charge is 0.477 e. The number of halogens is 1. The third kappa shape index (κ3) is 5.32. The highest BCUT2D eigenvalue weighted by Gasteiger charge is 2.25. The lowest BCUT2D eigenvalue weighted by atomic mass is 10.0. The van der Waals surface area contributed by atoms with Crippen LogP contribution in [0.15, 0.2) is 48.5 Å². The van der Waals surface area contributed by atoms with E-state index in [1.807, 2.05) is 22.8 Å². The Kier molecular flexibility index (Phi) is 7.02. The molecular weight excluding hydrogens is 515 g/mol. The second kappa shape index (κ2) is 10.9. The first-order valence-electron chi connectivity index (χ1n) is 13.1. The summed E-state index contributed by atoms with van der Waals surface area (Å²) in [5.41, 5.74) is 4.02. The summed E-state index contributed by atoms with van der Waals surface area (Å²) in [5.74, 6) is -0.218. The van der Waals surface area contributed by atoms with Crippen LogP contribution in [-0.4, -0.2) is 61.3 Å². The standard InChI is InChI=1S/C29H27FN6O4/c30-22-12-18(14-31)4-5-20(22)17-40-27-3-1-2-23(33-27)19-6-9-35(10-7-19)16-26-32-24-13-25(29(37)38)34-28(24)36(26)15-21-8-11-39-21/h1-6,12-13,21,34H,7-11,15-17H2,(H,37,38). The topological polar surface area (TPSA) is 129 Å². The zero-order valence-corrected chi connectivity index (χ0v) is 21.6. The van der Waals surface area contributed by atoms with Crippen molar-refractivity contribution in [3.8, 4) is 11.9 Å². The van der Waals surface area contributed by atoms with Crippen LogP contribution in [0.5, 0.6) is 5.88 Å². The number of benzene rings is 1. The number of aromatic carboxylic acids is 1. The molecule has 2 N–H and O–H groups in total. The number of hydrogen-bond donors (Lipinski definition) is 2. The monoisotopic (exact) mass is 542 g/mol. The summed E-state index contributed by atoms with van der Waals surface area (Å²) in [6.45, 7) is 3.52. The van der Waals surface area contributed by atoms with Crippen LogP contribution in [0.25, 0.3) is 16.7 Å². The molecule has 2 aliphatic rings. The van der Waals surface area contributed by atoms with Crippen molar-refractivity contribution < 1.29 is 23.8 Å². The highest BCUT2D eigenvalue weighted by atomic mass is 19.1. The van der Waals surface area contributed by atoms with E-state index >= 15 is 0 Å². The first-order valence-corrected chi connectivity index (χ1v) is 13.1. The molecule has 10 nitrogen and oxygen atoms in total. The second-order valence-corrected chi connectivity index (χ2v) is 9.92. The number of ether oxygens (including phenoxy) is 2. The van der Waals surface area contributed by atoms with Crippen molar-refractivity contribution >= 4 is 22.7 Å². The van der Waals surface area contributed by atoms with Crippen molar-refractivity contribution in [2.75, 3.05) is 19.7 Å². The maximum atomic E-state index is 14.2. The third-order valence-corrected chi connectivity index (χ3v) is 7.29. The van der Waals surface area contributed by atoms with Crippen molar-refractivity contribution in [1.82, 2.24) is 24.4 Å². The number of carboxylic acids is 1. The van der Waals surface area contributed by atoms with Gasteiger partial charge in [0.2, 0.25) is 5.88 Å². The van der Waals surface area contributed by atoms with Crippen LogP contribution in [-0.2, 0) is 24.4 Å². The van der Waals surface area contributed by atoms with Gasteiger partial charge in [0.15, 0.2) is 0 Å². The van der Waals surface area contributed by atoms with Gasteiger partial charge in [0, 0.05) is 31.3 Å². The first-order chi connectivity index (χ1) is 19.5. The first kappa shape index (κ1) is 25.7. The summed E-state index contributed by atoms with van der Waals surface area (Å²) < 4.78 is 27.6. The third-order valence-electron chi connectivity index (χ3n) is 7.29. The fourth-order valence-electron chi connectivity index (χ4n) is 4.96. The highest BCUT2D eigenvalue weighted by molar-refractivity contribution is 5.91. The molecule has 0 aliphatic carbocycles. The second-order valence-electron chi connectivity index (χ2n) is 9.92. The summed E-state index contributed by atoms with van der Waals surface area (Å²) in [4.78, 5) is 26.1. The van der Waals surface area contributed by atoms with E-state index in [2.05, 4.69) is 20.9 Å². The molecule has 1 saturated heterocycles. The number of nitriles is 1. The maximum Gasteiger partial charge on any atom is 0.352 e. The Morgan fingerprint density at radius 3 is 2.85 bits per heavy atom. The number of hydrogen-bond acceptors (Lipinski definition) is 7. The Bertz CT molecular complexity index is 1650. The molecule has 0 radical (unpaired) electrons. The number of rotatable bonds is 9. The fourth-order valence-corrected chi connectivity index (χ4v) is 4.96. The number of imidazole rings is 1. The number of fused-ring (bicyclic) bond motifs is 1. The van der Waals surface area contributed by atoms with E-state index in [4.69, 9.17) is 19.7 Å². The number of carboxylic acid groups (broad SMARTS) is 1. The highest BCUT2D eigenvalue weighted by Crippen LogP contribution is 2.26. The molecule has 11 heteroatoms. The van der Waals surface area contributed by atoms with Crippen LogP contribution in [0.4, 0.5) is 4.39 Å². The average molecular weight is 543 g/mol. The van der Waals surface area contributed by atoms with Gasteiger partial charge in [-0.15, -0.1) is 0 Å². The number of nitrogens with one attached hydrogen (secondary N) is 1. The zero-order chi connectivity index (χ0) is 27.6. The lowest BCUT2D eigenvalue weighted by molar-refractivity contribution is -0.0592. The van der Waals surface area contributed by atoms with E-state index in [-0.39, 0.29) is 24.0 Å². The molecule has 204 valence electrons. The normalized spacial score (nSPS) is 17.3. The molecule has 0 amide bonds. The molecule has 1 unspecified atom stereocenters. The van der Waals surface area contributed by atoms with E-state index in [1.54, 1.807) is 24.3 Å². The summed E-state index contributed by atoms with van der Waals surface area (Å²) in [7, 11) is 0. The molecule has 1 aromatic carbocycles. The van der Waals surface area contributed by atoms with Gasteiger partial charge in [0.05, 0.1) is 36.5 Å². The number of aromatic amines is 1. The number of carbonyl (C=O) groups is 1. The lowest BCUT2D eigenvalue weighted by Gasteiger charge is -2.29. The van der Waals surface area contributed by atoms with E-state index in [0.29, 0.717) is 42.2 Å². The minimum absolute atomic E-state index is 0.0152. The van der Waals surface area contributed by atoms with Crippen molar-refractivity contribution in [3.05, 3.63) is 82.7 Å². The van der Waals surface area contributed by atoms with Gasteiger partial charge < -0.3 is 24.1 Å².